The highest BCUT2D eigenvalue weighted by Crippen LogP contribution is 2.25. The summed E-state index contributed by atoms with van der Waals surface area (Å²) in [4.78, 5) is 27.3. The number of ether oxygens (including phenoxy) is 2. The molecule has 0 bridgehead atoms. The van der Waals surface area contributed by atoms with E-state index in [1.165, 1.54) is 0 Å². The molecule has 0 aromatic rings. The Hall–Kier alpha value is -1.54. The number of hydrogen-bond donors (Lipinski definition) is 2. The lowest BCUT2D eigenvalue weighted by Gasteiger charge is -2.33. The first-order valence-corrected chi connectivity index (χ1v) is 13.9. The lowest BCUT2D eigenvalue weighted by Crippen LogP contribution is -2.41. The normalized spacial score (nSPS) is 19.7. The van der Waals surface area contributed by atoms with Gasteiger partial charge in [0.05, 0.1) is 12.2 Å². The number of amides is 2. The van der Waals surface area contributed by atoms with Gasteiger partial charge in [0, 0.05) is 26.2 Å². The Kier molecular flexibility index (Phi) is 13.5. The number of hydrogen-bond acceptors (Lipinski definition) is 6. The summed E-state index contributed by atoms with van der Waals surface area (Å²) < 4.78 is 10.7. The molecule has 0 radical (unpaired) electrons. The highest BCUT2D eigenvalue weighted by Gasteiger charge is 2.28. The van der Waals surface area contributed by atoms with Gasteiger partial charge in [0.15, 0.2) is 0 Å². The largest absolute Gasteiger partial charge is 0.444 e. The molecule has 2 aliphatic rings. The summed E-state index contributed by atoms with van der Waals surface area (Å²) in [6.07, 6.45) is 7.08. The Balaban J connectivity index is 0.000000360. The van der Waals surface area contributed by atoms with Crippen LogP contribution in [0.5, 0.6) is 0 Å². The van der Waals surface area contributed by atoms with Crippen molar-refractivity contribution >= 4 is 12.2 Å². The number of likely N-dealkylation sites (tertiary alicyclic amines) is 2. The van der Waals surface area contributed by atoms with Crippen LogP contribution in [0.15, 0.2) is 0 Å². The van der Waals surface area contributed by atoms with E-state index in [9.17, 15) is 19.8 Å². The molecule has 2 rings (SSSR count). The van der Waals surface area contributed by atoms with Crippen molar-refractivity contribution in [2.75, 3.05) is 26.2 Å². The molecule has 36 heavy (non-hydrogen) atoms. The van der Waals surface area contributed by atoms with E-state index in [2.05, 4.69) is 0 Å². The van der Waals surface area contributed by atoms with Crippen LogP contribution in [0.25, 0.3) is 0 Å². The van der Waals surface area contributed by atoms with Crippen molar-refractivity contribution in [1.82, 2.24) is 9.80 Å². The SMILES string of the molecule is CC(O)CCC1CCN(C(=O)OC(C)(C)C)CC1.C[C@H](O)CCC1CCN(C(=O)OC(C)(C)C)CC1. The molecule has 2 amide bonds. The second-order valence-corrected chi connectivity index (χ2v) is 12.7. The topological polar surface area (TPSA) is 99.5 Å². The number of carbonyl (C=O) groups is 2. The number of aliphatic hydroxyl groups is 2. The third-order valence-corrected chi connectivity index (χ3v) is 6.52. The van der Waals surface area contributed by atoms with E-state index in [0.717, 1.165) is 77.5 Å². The number of rotatable bonds is 6. The van der Waals surface area contributed by atoms with Crippen LogP contribution in [0.2, 0.25) is 0 Å². The van der Waals surface area contributed by atoms with Crippen molar-refractivity contribution in [3.63, 3.8) is 0 Å². The first-order chi connectivity index (χ1) is 16.6. The molecule has 0 aromatic carbocycles. The van der Waals surface area contributed by atoms with Crippen LogP contribution in [-0.2, 0) is 9.47 Å². The standard InChI is InChI=1S/2C14H27NO3/c2*1-11(16)5-6-12-7-9-15(10-8-12)13(17)18-14(2,3)4/h2*11-12,16H,5-10H2,1-4H3/t11-;/m0./s1. The van der Waals surface area contributed by atoms with Gasteiger partial charge in [-0.25, -0.2) is 9.59 Å². The van der Waals surface area contributed by atoms with Gasteiger partial charge in [-0.1, -0.05) is 0 Å². The molecule has 2 N–H and O–H groups in total. The molecule has 8 nitrogen and oxygen atoms in total. The minimum Gasteiger partial charge on any atom is -0.444 e. The summed E-state index contributed by atoms with van der Waals surface area (Å²) in [7, 11) is 0. The smallest absolute Gasteiger partial charge is 0.410 e. The molecule has 2 fully saturated rings. The zero-order chi connectivity index (χ0) is 27.5. The number of aliphatic hydroxyl groups excluding tert-OH is 2. The lowest BCUT2D eigenvalue weighted by atomic mass is 9.91. The summed E-state index contributed by atoms with van der Waals surface area (Å²) in [5.74, 6) is 1.27. The molecular formula is C28H54N2O6. The molecule has 0 spiro atoms. The molecule has 1 unspecified atom stereocenters. The third-order valence-electron chi connectivity index (χ3n) is 6.52. The molecule has 0 aromatic heterocycles. The second kappa shape index (κ2) is 15.0. The van der Waals surface area contributed by atoms with Gasteiger partial charge in [0.25, 0.3) is 0 Å². The first-order valence-electron chi connectivity index (χ1n) is 13.9. The van der Waals surface area contributed by atoms with Gasteiger partial charge in [-0.05, 0) is 119 Å². The monoisotopic (exact) mass is 514 g/mol. The van der Waals surface area contributed by atoms with Crippen molar-refractivity contribution < 1.29 is 29.3 Å². The summed E-state index contributed by atoms with van der Waals surface area (Å²) in [5, 5.41) is 18.5. The van der Waals surface area contributed by atoms with Gasteiger partial charge in [-0.2, -0.15) is 0 Å². The molecule has 2 aliphatic heterocycles. The van der Waals surface area contributed by atoms with Crippen molar-refractivity contribution in [3.05, 3.63) is 0 Å². The van der Waals surface area contributed by atoms with Gasteiger partial charge >= 0.3 is 12.2 Å². The van der Waals surface area contributed by atoms with Crippen molar-refractivity contribution in [3.8, 4) is 0 Å². The predicted octanol–water partition coefficient (Wildman–Crippen LogP) is 5.59. The van der Waals surface area contributed by atoms with E-state index in [1.807, 2.05) is 55.4 Å². The Morgan fingerprint density at radius 1 is 0.694 bits per heavy atom. The lowest BCUT2D eigenvalue weighted by molar-refractivity contribution is 0.0166. The van der Waals surface area contributed by atoms with Crippen LogP contribution in [0, 0.1) is 11.8 Å². The molecule has 212 valence electrons. The molecule has 2 atom stereocenters. The van der Waals surface area contributed by atoms with E-state index in [-0.39, 0.29) is 24.4 Å². The number of carbonyl (C=O) groups excluding carboxylic acids is 2. The first kappa shape index (κ1) is 32.5. The summed E-state index contributed by atoms with van der Waals surface area (Å²) in [6, 6.07) is 0. The molecule has 0 saturated carbocycles. The van der Waals surface area contributed by atoms with Crippen LogP contribution in [0.3, 0.4) is 0 Å². The predicted molar refractivity (Wildman–Crippen MR) is 143 cm³/mol. The van der Waals surface area contributed by atoms with Crippen molar-refractivity contribution in [2.24, 2.45) is 11.8 Å². The minimum atomic E-state index is -0.416. The van der Waals surface area contributed by atoms with E-state index in [4.69, 9.17) is 9.47 Å². The van der Waals surface area contributed by atoms with E-state index >= 15 is 0 Å². The van der Waals surface area contributed by atoms with Gasteiger partial charge in [0.2, 0.25) is 0 Å². The van der Waals surface area contributed by atoms with E-state index < -0.39 is 11.2 Å². The quantitative estimate of drug-likeness (QED) is 0.479. The molecule has 2 heterocycles. The Morgan fingerprint density at radius 3 is 1.19 bits per heavy atom. The average molecular weight is 515 g/mol. The summed E-state index contributed by atoms with van der Waals surface area (Å²) in [5.41, 5.74) is -0.833. The van der Waals surface area contributed by atoms with Gasteiger partial charge in [-0.3, -0.25) is 0 Å². The van der Waals surface area contributed by atoms with E-state index in [1.54, 1.807) is 9.80 Å². The fourth-order valence-electron chi connectivity index (χ4n) is 4.42. The zero-order valence-electron chi connectivity index (χ0n) is 24.2. The highest BCUT2D eigenvalue weighted by atomic mass is 16.6. The van der Waals surface area contributed by atoms with Crippen molar-refractivity contribution in [1.29, 1.82) is 0 Å². The maximum absolute atomic E-state index is 11.9. The van der Waals surface area contributed by atoms with Gasteiger partial charge in [-0.15, -0.1) is 0 Å². The Bertz CT molecular complexity index is 581. The molecular weight excluding hydrogens is 460 g/mol. The highest BCUT2D eigenvalue weighted by molar-refractivity contribution is 5.68. The van der Waals surface area contributed by atoms with Crippen molar-refractivity contribution in [2.45, 2.75) is 130 Å². The average Bonchev–Trinajstić information content (AvgIpc) is 2.75. The van der Waals surface area contributed by atoms with Gasteiger partial charge < -0.3 is 29.5 Å². The van der Waals surface area contributed by atoms with Crippen LogP contribution in [-0.4, -0.2) is 81.8 Å². The van der Waals surface area contributed by atoms with Crippen LogP contribution in [0.4, 0.5) is 9.59 Å². The maximum Gasteiger partial charge on any atom is 0.410 e. The maximum atomic E-state index is 11.9. The van der Waals surface area contributed by atoms with Crippen LogP contribution >= 0.6 is 0 Å². The Labute approximate surface area is 219 Å². The molecule has 0 aliphatic carbocycles. The number of nitrogens with zero attached hydrogens (tertiary/aromatic N) is 2. The fourth-order valence-corrected chi connectivity index (χ4v) is 4.42. The molecule has 8 heteroatoms. The van der Waals surface area contributed by atoms with E-state index in [0.29, 0.717) is 11.8 Å². The third kappa shape index (κ3) is 14.9. The van der Waals surface area contributed by atoms with Gasteiger partial charge in [0.1, 0.15) is 11.2 Å². The minimum absolute atomic E-state index is 0.198. The fraction of sp³-hybridized carbons (Fsp3) is 0.929. The molecule has 2 saturated heterocycles. The van der Waals surface area contributed by atoms with Crippen LogP contribution in [0.1, 0.15) is 107 Å². The second-order valence-electron chi connectivity index (χ2n) is 12.7. The summed E-state index contributed by atoms with van der Waals surface area (Å²) in [6.45, 7) is 18.1. The number of piperidine rings is 2. The Morgan fingerprint density at radius 2 is 0.972 bits per heavy atom. The van der Waals surface area contributed by atoms with Crippen LogP contribution < -0.4 is 0 Å². The zero-order valence-corrected chi connectivity index (χ0v) is 24.2. The summed E-state index contributed by atoms with van der Waals surface area (Å²) >= 11 is 0.